The number of aryl methyl sites for hydroxylation is 1. The number of nitrogens with one attached hydrogen (secondary N) is 2. The van der Waals surface area contributed by atoms with Crippen LogP contribution in [0.15, 0.2) is 6.20 Å². The second-order valence-electron chi connectivity index (χ2n) is 4.18. The molecule has 1 rings (SSSR count). The fourth-order valence-corrected chi connectivity index (χ4v) is 1.46. The van der Waals surface area contributed by atoms with Crippen LogP contribution in [0.25, 0.3) is 0 Å². The Bertz CT molecular complexity index is 267. The molecule has 1 aromatic heterocycles. The van der Waals surface area contributed by atoms with E-state index in [9.17, 15) is 0 Å². The molecule has 4 nitrogen and oxygen atoms in total. The largest absolute Gasteiger partial charge is 0.345 e. The Kier molecular flexibility index (Phi) is 5.36. The maximum atomic E-state index is 4.15. The molecule has 2 N–H and O–H groups in total. The van der Waals surface area contributed by atoms with Gasteiger partial charge < -0.3 is 15.2 Å². The van der Waals surface area contributed by atoms with E-state index >= 15 is 0 Å². The standard InChI is InChI=1S/C11H22N4/c1-10-13-9-11(14-10)8-12-6-4-5-7-15(2)3/h9,12H,4-8H2,1-3H3,(H,13,14). The average molecular weight is 210 g/mol. The predicted molar refractivity (Wildman–Crippen MR) is 62.8 cm³/mol. The van der Waals surface area contributed by atoms with E-state index in [2.05, 4.69) is 34.3 Å². The van der Waals surface area contributed by atoms with Gasteiger partial charge in [-0.3, -0.25) is 0 Å². The summed E-state index contributed by atoms with van der Waals surface area (Å²) in [7, 11) is 4.22. The summed E-state index contributed by atoms with van der Waals surface area (Å²) >= 11 is 0. The van der Waals surface area contributed by atoms with Crippen molar-refractivity contribution in [1.29, 1.82) is 0 Å². The van der Waals surface area contributed by atoms with Gasteiger partial charge >= 0.3 is 0 Å². The predicted octanol–water partition coefficient (Wildman–Crippen LogP) is 1.15. The summed E-state index contributed by atoms with van der Waals surface area (Å²) in [6.45, 7) is 5.11. The smallest absolute Gasteiger partial charge is 0.103 e. The zero-order valence-electron chi connectivity index (χ0n) is 10.0. The van der Waals surface area contributed by atoms with Crippen LogP contribution in [0.4, 0.5) is 0 Å². The second-order valence-corrected chi connectivity index (χ2v) is 4.18. The van der Waals surface area contributed by atoms with E-state index in [-0.39, 0.29) is 0 Å². The highest BCUT2D eigenvalue weighted by atomic mass is 15.0. The minimum absolute atomic E-state index is 0.892. The minimum atomic E-state index is 0.892. The molecule has 4 heteroatoms. The Balaban J connectivity index is 1.98. The van der Waals surface area contributed by atoms with Gasteiger partial charge in [0.25, 0.3) is 0 Å². The van der Waals surface area contributed by atoms with E-state index in [0.717, 1.165) is 18.9 Å². The van der Waals surface area contributed by atoms with Gasteiger partial charge in [-0.2, -0.15) is 0 Å². The third kappa shape index (κ3) is 5.54. The van der Waals surface area contributed by atoms with Gasteiger partial charge in [0.2, 0.25) is 0 Å². The Hall–Kier alpha value is -0.870. The van der Waals surface area contributed by atoms with Crippen LogP contribution in [0.2, 0.25) is 0 Å². The number of hydrogen-bond donors (Lipinski definition) is 2. The zero-order valence-corrected chi connectivity index (χ0v) is 10.0. The zero-order chi connectivity index (χ0) is 11.1. The molecule has 0 saturated carbocycles. The summed E-state index contributed by atoms with van der Waals surface area (Å²) in [6, 6.07) is 0. The topological polar surface area (TPSA) is 44.0 Å². The van der Waals surface area contributed by atoms with Crippen molar-refractivity contribution in [3.63, 3.8) is 0 Å². The fourth-order valence-electron chi connectivity index (χ4n) is 1.46. The molecule has 0 bridgehead atoms. The van der Waals surface area contributed by atoms with Crippen molar-refractivity contribution in [2.45, 2.75) is 26.3 Å². The average Bonchev–Trinajstić information content (AvgIpc) is 2.57. The maximum absolute atomic E-state index is 4.15. The molecule has 0 atom stereocenters. The molecule has 0 aliphatic carbocycles. The molecule has 15 heavy (non-hydrogen) atoms. The molecule has 0 radical (unpaired) electrons. The lowest BCUT2D eigenvalue weighted by molar-refractivity contribution is 0.391. The first kappa shape index (κ1) is 12.2. The highest BCUT2D eigenvalue weighted by Gasteiger charge is 1.95. The molecule has 0 aliphatic heterocycles. The first-order valence-corrected chi connectivity index (χ1v) is 5.54. The van der Waals surface area contributed by atoms with E-state index in [1.807, 2.05) is 13.1 Å². The lowest BCUT2D eigenvalue weighted by atomic mass is 10.3. The summed E-state index contributed by atoms with van der Waals surface area (Å²) in [5, 5.41) is 3.40. The number of unbranched alkanes of at least 4 members (excludes halogenated alkanes) is 1. The number of rotatable bonds is 7. The summed E-state index contributed by atoms with van der Waals surface area (Å²) in [5.41, 5.74) is 1.17. The molecule has 0 aliphatic rings. The van der Waals surface area contributed by atoms with Crippen LogP contribution in [0.1, 0.15) is 24.4 Å². The van der Waals surface area contributed by atoms with Crippen LogP contribution in [0.5, 0.6) is 0 Å². The highest BCUT2D eigenvalue weighted by Crippen LogP contribution is 1.95. The van der Waals surface area contributed by atoms with Gasteiger partial charge in [0.05, 0.1) is 0 Å². The number of imidazole rings is 1. The molecule has 0 fully saturated rings. The van der Waals surface area contributed by atoms with Crippen LogP contribution in [0, 0.1) is 6.92 Å². The van der Waals surface area contributed by atoms with Gasteiger partial charge in [-0.15, -0.1) is 0 Å². The molecule has 0 aromatic carbocycles. The Morgan fingerprint density at radius 1 is 1.40 bits per heavy atom. The van der Waals surface area contributed by atoms with Gasteiger partial charge in [-0.25, -0.2) is 4.98 Å². The van der Waals surface area contributed by atoms with E-state index in [4.69, 9.17) is 0 Å². The van der Waals surface area contributed by atoms with E-state index in [1.54, 1.807) is 0 Å². The quantitative estimate of drug-likeness (QED) is 0.664. The molecular formula is C11H22N4. The van der Waals surface area contributed by atoms with Crippen molar-refractivity contribution in [2.24, 2.45) is 0 Å². The van der Waals surface area contributed by atoms with Crippen molar-refractivity contribution in [2.75, 3.05) is 27.2 Å². The van der Waals surface area contributed by atoms with E-state index in [1.165, 1.54) is 25.1 Å². The monoisotopic (exact) mass is 210 g/mol. The number of aromatic amines is 1. The summed E-state index contributed by atoms with van der Waals surface area (Å²) < 4.78 is 0. The fraction of sp³-hybridized carbons (Fsp3) is 0.727. The first-order valence-electron chi connectivity index (χ1n) is 5.54. The van der Waals surface area contributed by atoms with Crippen LogP contribution in [-0.4, -0.2) is 42.1 Å². The van der Waals surface area contributed by atoms with Crippen LogP contribution in [0.3, 0.4) is 0 Å². The van der Waals surface area contributed by atoms with Gasteiger partial charge in [-0.05, 0) is 47.0 Å². The molecule has 0 spiro atoms. The molecule has 0 amide bonds. The summed E-state index contributed by atoms with van der Waals surface area (Å²) in [4.78, 5) is 9.58. The molecule has 1 aromatic rings. The highest BCUT2D eigenvalue weighted by molar-refractivity contribution is 4.98. The maximum Gasteiger partial charge on any atom is 0.103 e. The number of nitrogens with zero attached hydrogens (tertiary/aromatic N) is 2. The van der Waals surface area contributed by atoms with Crippen LogP contribution < -0.4 is 5.32 Å². The normalized spacial score (nSPS) is 11.2. The van der Waals surface area contributed by atoms with Crippen LogP contribution in [-0.2, 0) is 6.54 Å². The first-order chi connectivity index (χ1) is 7.18. The van der Waals surface area contributed by atoms with Crippen LogP contribution >= 0.6 is 0 Å². The molecule has 0 unspecified atom stereocenters. The number of aromatic nitrogens is 2. The lowest BCUT2D eigenvalue weighted by Gasteiger charge is -2.08. The van der Waals surface area contributed by atoms with Gasteiger partial charge in [0.15, 0.2) is 0 Å². The van der Waals surface area contributed by atoms with E-state index in [0.29, 0.717) is 0 Å². The molecule has 0 saturated heterocycles. The molecular weight excluding hydrogens is 188 g/mol. The van der Waals surface area contributed by atoms with Gasteiger partial charge in [-0.1, -0.05) is 0 Å². The summed E-state index contributed by atoms with van der Waals surface area (Å²) in [5.74, 6) is 0.986. The lowest BCUT2D eigenvalue weighted by Crippen LogP contribution is -2.18. The SMILES string of the molecule is Cc1ncc(CNCCCCN(C)C)[nH]1. The minimum Gasteiger partial charge on any atom is -0.345 e. The number of H-pyrrole nitrogens is 1. The van der Waals surface area contributed by atoms with Crippen molar-refractivity contribution in [3.8, 4) is 0 Å². The van der Waals surface area contributed by atoms with Crippen molar-refractivity contribution >= 4 is 0 Å². The van der Waals surface area contributed by atoms with Crippen molar-refractivity contribution in [1.82, 2.24) is 20.2 Å². The molecule has 86 valence electrons. The third-order valence-corrected chi connectivity index (χ3v) is 2.28. The Labute approximate surface area is 92.1 Å². The molecule has 1 heterocycles. The summed E-state index contributed by atoms with van der Waals surface area (Å²) in [6.07, 6.45) is 4.37. The van der Waals surface area contributed by atoms with Gasteiger partial charge in [0, 0.05) is 18.4 Å². The second kappa shape index (κ2) is 6.58. The number of hydrogen-bond acceptors (Lipinski definition) is 3. The third-order valence-electron chi connectivity index (χ3n) is 2.28. The van der Waals surface area contributed by atoms with Crippen molar-refractivity contribution < 1.29 is 0 Å². The Morgan fingerprint density at radius 3 is 2.80 bits per heavy atom. The van der Waals surface area contributed by atoms with Crippen molar-refractivity contribution in [3.05, 3.63) is 17.7 Å². The van der Waals surface area contributed by atoms with Gasteiger partial charge in [0.1, 0.15) is 5.82 Å². The Morgan fingerprint density at radius 2 is 2.20 bits per heavy atom. The van der Waals surface area contributed by atoms with E-state index < -0.39 is 0 Å².